The average Bonchev–Trinajstić information content (AvgIpc) is 2.98. The van der Waals surface area contributed by atoms with Crippen LogP contribution in [0.4, 0.5) is 0 Å². The standard InChI is InChI=1S/C18H18ClNO2/c19-16-5-1-13(2-6-16)11-14-9-10-20(12-14)18(22)15-3-7-17(21)8-4-15/h1-8,14,21H,9-12H2. The molecule has 3 nitrogen and oxygen atoms in total. The highest BCUT2D eigenvalue weighted by molar-refractivity contribution is 6.30. The quantitative estimate of drug-likeness (QED) is 0.937. The van der Waals surface area contributed by atoms with Crippen LogP contribution in [0.3, 0.4) is 0 Å². The molecule has 1 atom stereocenters. The number of nitrogens with zero attached hydrogens (tertiary/aromatic N) is 1. The van der Waals surface area contributed by atoms with E-state index in [1.54, 1.807) is 24.3 Å². The van der Waals surface area contributed by atoms with Gasteiger partial charge in [-0.25, -0.2) is 0 Å². The predicted octanol–water partition coefficient (Wildman–Crippen LogP) is 3.75. The van der Waals surface area contributed by atoms with Gasteiger partial charge in [0.25, 0.3) is 5.91 Å². The summed E-state index contributed by atoms with van der Waals surface area (Å²) in [5.41, 5.74) is 1.89. The lowest BCUT2D eigenvalue weighted by Gasteiger charge is -2.17. The van der Waals surface area contributed by atoms with E-state index >= 15 is 0 Å². The Bertz CT molecular complexity index is 652. The first-order chi connectivity index (χ1) is 10.6. The lowest BCUT2D eigenvalue weighted by atomic mass is 9.99. The van der Waals surface area contributed by atoms with E-state index in [1.807, 2.05) is 29.2 Å². The maximum atomic E-state index is 12.4. The number of benzene rings is 2. The molecule has 0 aliphatic carbocycles. The van der Waals surface area contributed by atoms with Gasteiger partial charge in [-0.3, -0.25) is 4.79 Å². The van der Waals surface area contributed by atoms with Crippen LogP contribution in [0, 0.1) is 5.92 Å². The molecule has 1 amide bonds. The van der Waals surface area contributed by atoms with E-state index in [9.17, 15) is 9.90 Å². The van der Waals surface area contributed by atoms with Gasteiger partial charge in [-0.1, -0.05) is 23.7 Å². The highest BCUT2D eigenvalue weighted by atomic mass is 35.5. The van der Waals surface area contributed by atoms with Crippen molar-refractivity contribution in [1.29, 1.82) is 0 Å². The molecular weight excluding hydrogens is 298 g/mol. The monoisotopic (exact) mass is 315 g/mol. The first kappa shape index (κ1) is 14.9. The van der Waals surface area contributed by atoms with Crippen molar-refractivity contribution >= 4 is 17.5 Å². The van der Waals surface area contributed by atoms with Crippen LogP contribution in [0.1, 0.15) is 22.3 Å². The summed E-state index contributed by atoms with van der Waals surface area (Å²) in [5, 5.41) is 10.0. The minimum Gasteiger partial charge on any atom is -0.508 e. The summed E-state index contributed by atoms with van der Waals surface area (Å²) < 4.78 is 0. The summed E-state index contributed by atoms with van der Waals surface area (Å²) in [7, 11) is 0. The van der Waals surface area contributed by atoms with E-state index in [0.29, 0.717) is 11.5 Å². The molecule has 0 saturated carbocycles. The van der Waals surface area contributed by atoms with Gasteiger partial charge in [-0.2, -0.15) is 0 Å². The second-order valence-electron chi connectivity index (χ2n) is 5.78. The number of phenolic OH excluding ortho intramolecular Hbond substituents is 1. The Morgan fingerprint density at radius 1 is 1.14 bits per heavy atom. The molecule has 1 heterocycles. The molecule has 1 saturated heterocycles. The molecule has 1 fully saturated rings. The zero-order chi connectivity index (χ0) is 15.5. The Kier molecular flexibility index (Phi) is 4.34. The van der Waals surface area contributed by atoms with Crippen LogP contribution >= 0.6 is 11.6 Å². The molecule has 22 heavy (non-hydrogen) atoms. The summed E-state index contributed by atoms with van der Waals surface area (Å²) >= 11 is 5.90. The SMILES string of the molecule is O=C(c1ccc(O)cc1)N1CCC(Cc2ccc(Cl)cc2)C1. The van der Waals surface area contributed by atoms with E-state index in [0.717, 1.165) is 31.0 Å². The number of carbonyl (C=O) groups excluding carboxylic acids is 1. The number of aromatic hydroxyl groups is 1. The molecule has 0 bridgehead atoms. The third-order valence-electron chi connectivity index (χ3n) is 4.12. The van der Waals surface area contributed by atoms with Crippen LogP contribution in [-0.4, -0.2) is 29.0 Å². The van der Waals surface area contributed by atoms with Crippen molar-refractivity contribution in [3.05, 3.63) is 64.7 Å². The van der Waals surface area contributed by atoms with E-state index in [2.05, 4.69) is 0 Å². The molecule has 3 rings (SSSR count). The van der Waals surface area contributed by atoms with Gasteiger partial charge in [0.15, 0.2) is 0 Å². The molecule has 0 radical (unpaired) electrons. The van der Waals surface area contributed by atoms with Crippen molar-refractivity contribution in [2.75, 3.05) is 13.1 Å². The smallest absolute Gasteiger partial charge is 0.253 e. The van der Waals surface area contributed by atoms with Gasteiger partial charge >= 0.3 is 0 Å². The Labute approximate surface area is 135 Å². The van der Waals surface area contributed by atoms with Gasteiger partial charge in [-0.05, 0) is 60.7 Å². The number of hydrogen-bond donors (Lipinski definition) is 1. The van der Waals surface area contributed by atoms with Crippen molar-refractivity contribution in [1.82, 2.24) is 4.90 Å². The fourth-order valence-corrected chi connectivity index (χ4v) is 3.05. The fourth-order valence-electron chi connectivity index (χ4n) is 2.92. The number of hydrogen-bond acceptors (Lipinski definition) is 2. The van der Waals surface area contributed by atoms with Gasteiger partial charge in [0.2, 0.25) is 0 Å². The second-order valence-corrected chi connectivity index (χ2v) is 6.22. The fraction of sp³-hybridized carbons (Fsp3) is 0.278. The van der Waals surface area contributed by atoms with E-state index in [4.69, 9.17) is 11.6 Å². The minimum atomic E-state index is 0.0404. The van der Waals surface area contributed by atoms with Crippen molar-refractivity contribution in [2.24, 2.45) is 5.92 Å². The summed E-state index contributed by atoms with van der Waals surface area (Å²) in [6.07, 6.45) is 1.99. The Hall–Kier alpha value is -2.00. The summed E-state index contributed by atoms with van der Waals surface area (Å²) in [4.78, 5) is 14.3. The van der Waals surface area contributed by atoms with Gasteiger partial charge in [-0.15, -0.1) is 0 Å². The van der Waals surface area contributed by atoms with Gasteiger partial charge in [0.05, 0.1) is 0 Å². The topological polar surface area (TPSA) is 40.5 Å². The molecule has 1 unspecified atom stereocenters. The molecule has 114 valence electrons. The molecule has 1 N–H and O–H groups in total. The van der Waals surface area contributed by atoms with Crippen LogP contribution in [0.5, 0.6) is 5.75 Å². The lowest BCUT2D eigenvalue weighted by Crippen LogP contribution is -2.28. The normalized spacial score (nSPS) is 17.7. The zero-order valence-electron chi connectivity index (χ0n) is 12.2. The van der Waals surface area contributed by atoms with E-state index < -0.39 is 0 Å². The molecule has 0 aromatic heterocycles. The number of carbonyl (C=O) groups is 1. The van der Waals surface area contributed by atoms with Crippen LogP contribution in [0.15, 0.2) is 48.5 Å². The van der Waals surface area contributed by atoms with Crippen molar-refractivity contribution in [2.45, 2.75) is 12.8 Å². The van der Waals surface area contributed by atoms with Gasteiger partial charge < -0.3 is 10.0 Å². The Balaban J connectivity index is 1.61. The third-order valence-corrected chi connectivity index (χ3v) is 4.38. The molecule has 1 aliphatic heterocycles. The third kappa shape index (κ3) is 3.42. The molecule has 2 aromatic carbocycles. The number of likely N-dealkylation sites (tertiary alicyclic amines) is 1. The first-order valence-corrected chi connectivity index (χ1v) is 7.82. The number of rotatable bonds is 3. The Morgan fingerprint density at radius 3 is 2.50 bits per heavy atom. The van der Waals surface area contributed by atoms with Crippen molar-refractivity contribution < 1.29 is 9.90 Å². The average molecular weight is 316 g/mol. The lowest BCUT2D eigenvalue weighted by molar-refractivity contribution is 0.0787. The maximum absolute atomic E-state index is 12.4. The van der Waals surface area contributed by atoms with Gasteiger partial charge in [0, 0.05) is 23.7 Å². The van der Waals surface area contributed by atoms with Crippen LogP contribution in [-0.2, 0) is 6.42 Å². The van der Waals surface area contributed by atoms with Gasteiger partial charge in [0.1, 0.15) is 5.75 Å². The highest BCUT2D eigenvalue weighted by Gasteiger charge is 2.26. The largest absolute Gasteiger partial charge is 0.508 e. The highest BCUT2D eigenvalue weighted by Crippen LogP contribution is 2.23. The minimum absolute atomic E-state index is 0.0404. The molecule has 1 aliphatic rings. The van der Waals surface area contributed by atoms with E-state index in [-0.39, 0.29) is 11.7 Å². The number of phenols is 1. The molecule has 0 spiro atoms. The number of amides is 1. The summed E-state index contributed by atoms with van der Waals surface area (Å²) in [6, 6.07) is 14.4. The maximum Gasteiger partial charge on any atom is 0.253 e. The van der Waals surface area contributed by atoms with Crippen molar-refractivity contribution in [3.63, 3.8) is 0 Å². The zero-order valence-corrected chi connectivity index (χ0v) is 13.0. The molecule has 2 aromatic rings. The van der Waals surface area contributed by atoms with Crippen LogP contribution in [0.25, 0.3) is 0 Å². The predicted molar refractivity (Wildman–Crippen MR) is 87.3 cm³/mol. The summed E-state index contributed by atoms with van der Waals surface area (Å²) in [5.74, 6) is 0.708. The second kappa shape index (κ2) is 6.41. The first-order valence-electron chi connectivity index (χ1n) is 7.44. The van der Waals surface area contributed by atoms with Crippen LogP contribution < -0.4 is 0 Å². The Morgan fingerprint density at radius 2 is 1.82 bits per heavy atom. The number of halogens is 1. The summed E-state index contributed by atoms with van der Waals surface area (Å²) in [6.45, 7) is 1.57. The molecule has 4 heteroatoms. The molecular formula is C18H18ClNO2. The van der Waals surface area contributed by atoms with Crippen molar-refractivity contribution in [3.8, 4) is 5.75 Å². The van der Waals surface area contributed by atoms with Crippen LogP contribution in [0.2, 0.25) is 5.02 Å². The van der Waals surface area contributed by atoms with E-state index in [1.165, 1.54) is 5.56 Å².